The second-order valence-corrected chi connectivity index (χ2v) is 8.22. The summed E-state index contributed by atoms with van der Waals surface area (Å²) in [5.41, 5.74) is -0.794. The molecule has 0 saturated carbocycles. The Morgan fingerprint density at radius 3 is 2.10 bits per heavy atom. The van der Waals surface area contributed by atoms with Gasteiger partial charge in [-0.25, -0.2) is 21.9 Å². The number of rotatable bonds is 4. The first-order valence-corrected chi connectivity index (χ1v) is 8.37. The van der Waals surface area contributed by atoms with Crippen molar-refractivity contribution in [3.8, 4) is 0 Å². The number of nitrogens with one attached hydrogen (secondary N) is 1. The highest BCUT2D eigenvalue weighted by molar-refractivity contribution is 7.89. The van der Waals surface area contributed by atoms with Crippen molar-refractivity contribution in [2.24, 2.45) is 0 Å². The Morgan fingerprint density at radius 2 is 1.71 bits per heavy atom. The maximum absolute atomic E-state index is 13.3. The molecule has 7 heteroatoms. The monoisotopic (exact) mass is 339 g/mol. The topological polar surface area (TPSA) is 46.2 Å². The maximum atomic E-state index is 13.3. The van der Waals surface area contributed by atoms with Crippen LogP contribution in [0.5, 0.6) is 0 Å². The lowest BCUT2D eigenvalue weighted by Crippen LogP contribution is -2.40. The van der Waals surface area contributed by atoms with E-state index in [1.54, 1.807) is 34.6 Å². The van der Waals surface area contributed by atoms with Gasteiger partial charge in [0.15, 0.2) is 0 Å². The second kappa shape index (κ2) is 6.18. The first kappa shape index (κ1) is 18.3. The summed E-state index contributed by atoms with van der Waals surface area (Å²) in [6.07, 6.45) is -2.83. The summed E-state index contributed by atoms with van der Waals surface area (Å²) < 4.78 is 53.5. The van der Waals surface area contributed by atoms with Crippen LogP contribution >= 0.6 is 11.6 Å². The van der Waals surface area contributed by atoms with Crippen molar-refractivity contribution in [1.82, 2.24) is 4.72 Å². The molecule has 1 aromatic carbocycles. The van der Waals surface area contributed by atoms with E-state index < -0.39 is 32.6 Å². The second-order valence-electron chi connectivity index (χ2n) is 6.19. The van der Waals surface area contributed by atoms with Gasteiger partial charge in [0.1, 0.15) is 4.90 Å². The van der Waals surface area contributed by atoms with Crippen molar-refractivity contribution in [2.45, 2.75) is 57.4 Å². The summed E-state index contributed by atoms with van der Waals surface area (Å²) in [5, 5.41) is -0.409. The van der Waals surface area contributed by atoms with Crippen LogP contribution in [0.2, 0.25) is 5.02 Å². The molecule has 0 spiro atoms. The summed E-state index contributed by atoms with van der Waals surface area (Å²) in [6, 6.07) is 2.67. The zero-order valence-electron chi connectivity index (χ0n) is 12.7. The van der Waals surface area contributed by atoms with Gasteiger partial charge in [-0.2, -0.15) is 0 Å². The molecule has 0 aliphatic heterocycles. The van der Waals surface area contributed by atoms with Crippen molar-refractivity contribution in [1.29, 1.82) is 0 Å². The zero-order chi connectivity index (χ0) is 16.6. The molecule has 0 fully saturated rings. The van der Waals surface area contributed by atoms with Crippen LogP contribution in [0.25, 0.3) is 0 Å². The SMILES string of the molecule is CC(C)c1ccc(S(=O)(=O)NC(C)(C)C)c(Cl)c1C(F)F. The lowest BCUT2D eigenvalue weighted by Gasteiger charge is -2.22. The Kier molecular flexibility index (Phi) is 5.40. The van der Waals surface area contributed by atoms with E-state index in [2.05, 4.69) is 4.72 Å². The van der Waals surface area contributed by atoms with Gasteiger partial charge in [-0.05, 0) is 38.3 Å². The Labute approximate surface area is 129 Å². The number of sulfonamides is 1. The molecule has 0 saturated heterocycles. The van der Waals surface area contributed by atoms with E-state index in [1.807, 2.05) is 0 Å². The normalized spacial score (nSPS) is 13.2. The average molecular weight is 340 g/mol. The van der Waals surface area contributed by atoms with Gasteiger partial charge in [-0.3, -0.25) is 0 Å². The molecule has 1 aromatic rings. The van der Waals surface area contributed by atoms with Crippen molar-refractivity contribution in [2.75, 3.05) is 0 Å². The maximum Gasteiger partial charge on any atom is 0.265 e. The van der Waals surface area contributed by atoms with Gasteiger partial charge in [-0.1, -0.05) is 31.5 Å². The van der Waals surface area contributed by atoms with Crippen LogP contribution in [0.15, 0.2) is 17.0 Å². The summed E-state index contributed by atoms with van der Waals surface area (Å²) >= 11 is 5.97. The van der Waals surface area contributed by atoms with Crippen molar-refractivity contribution < 1.29 is 17.2 Å². The highest BCUT2D eigenvalue weighted by Gasteiger charge is 2.29. The fraction of sp³-hybridized carbons (Fsp3) is 0.571. The highest BCUT2D eigenvalue weighted by atomic mass is 35.5. The Bertz CT molecular complexity index is 623. The van der Waals surface area contributed by atoms with Gasteiger partial charge < -0.3 is 0 Å². The number of halogens is 3. The van der Waals surface area contributed by atoms with Crippen molar-refractivity contribution >= 4 is 21.6 Å². The summed E-state index contributed by atoms with van der Waals surface area (Å²) in [7, 11) is -3.96. The summed E-state index contributed by atoms with van der Waals surface area (Å²) in [4.78, 5) is -0.321. The third-order valence-corrected chi connectivity index (χ3v) is 5.07. The average Bonchev–Trinajstić information content (AvgIpc) is 2.23. The molecule has 1 rings (SSSR count). The number of hydrogen-bond acceptors (Lipinski definition) is 2. The van der Waals surface area contributed by atoms with Gasteiger partial charge in [-0.15, -0.1) is 0 Å². The molecule has 0 aromatic heterocycles. The van der Waals surface area contributed by atoms with Crippen LogP contribution in [0.3, 0.4) is 0 Å². The van der Waals surface area contributed by atoms with Crippen LogP contribution in [0.4, 0.5) is 8.78 Å². The molecule has 0 aliphatic carbocycles. The number of benzene rings is 1. The quantitative estimate of drug-likeness (QED) is 0.879. The van der Waals surface area contributed by atoms with Crippen molar-refractivity contribution in [3.63, 3.8) is 0 Å². The molecular weight excluding hydrogens is 320 g/mol. The predicted molar refractivity (Wildman–Crippen MR) is 80.6 cm³/mol. The largest absolute Gasteiger partial charge is 0.265 e. The van der Waals surface area contributed by atoms with Crippen LogP contribution in [-0.4, -0.2) is 14.0 Å². The van der Waals surface area contributed by atoms with Crippen LogP contribution < -0.4 is 4.72 Å². The molecule has 0 radical (unpaired) electrons. The first-order chi connectivity index (χ1) is 9.37. The molecule has 0 atom stereocenters. The third-order valence-electron chi connectivity index (χ3n) is 2.75. The minimum atomic E-state index is -3.96. The number of alkyl halides is 2. The molecule has 0 bridgehead atoms. The van der Waals surface area contributed by atoms with E-state index in [9.17, 15) is 17.2 Å². The molecule has 0 heterocycles. The van der Waals surface area contributed by atoms with Crippen LogP contribution in [-0.2, 0) is 10.0 Å². The summed E-state index contributed by atoms with van der Waals surface area (Å²) in [5.74, 6) is -0.182. The molecule has 0 aliphatic rings. The van der Waals surface area contributed by atoms with Crippen LogP contribution in [0, 0.1) is 0 Å². The first-order valence-electron chi connectivity index (χ1n) is 6.51. The summed E-state index contributed by atoms with van der Waals surface area (Å²) in [6.45, 7) is 8.48. The van der Waals surface area contributed by atoms with Crippen LogP contribution in [0.1, 0.15) is 58.1 Å². The minimum absolute atomic E-state index is 0.182. The molecule has 3 nitrogen and oxygen atoms in total. The van der Waals surface area contributed by atoms with Gasteiger partial charge >= 0.3 is 0 Å². The van der Waals surface area contributed by atoms with Gasteiger partial charge in [0.05, 0.1) is 5.02 Å². The molecule has 120 valence electrons. The lowest BCUT2D eigenvalue weighted by atomic mass is 9.97. The Hall–Kier alpha value is -0.720. The van der Waals surface area contributed by atoms with Gasteiger partial charge in [0.25, 0.3) is 6.43 Å². The van der Waals surface area contributed by atoms with E-state index in [0.29, 0.717) is 5.56 Å². The third kappa shape index (κ3) is 4.37. The smallest absolute Gasteiger partial charge is 0.207 e. The number of hydrogen-bond donors (Lipinski definition) is 1. The fourth-order valence-electron chi connectivity index (χ4n) is 1.98. The van der Waals surface area contributed by atoms with E-state index in [4.69, 9.17) is 11.6 Å². The van der Waals surface area contributed by atoms with Gasteiger partial charge in [0, 0.05) is 11.1 Å². The fourth-order valence-corrected chi connectivity index (χ4v) is 4.05. The Morgan fingerprint density at radius 1 is 1.19 bits per heavy atom. The Balaban J connectivity index is 3.51. The standard InChI is InChI=1S/C14H20ClF2NO2S/c1-8(2)9-6-7-10(12(15)11(9)13(16)17)21(19,20)18-14(3,4)5/h6-8,13,18H,1-5H3. The van der Waals surface area contributed by atoms with E-state index in [-0.39, 0.29) is 10.8 Å². The minimum Gasteiger partial charge on any atom is -0.207 e. The lowest BCUT2D eigenvalue weighted by molar-refractivity contribution is 0.149. The van der Waals surface area contributed by atoms with E-state index in [1.165, 1.54) is 12.1 Å². The molecule has 0 unspecified atom stereocenters. The molecular formula is C14H20ClF2NO2S. The van der Waals surface area contributed by atoms with Gasteiger partial charge in [0.2, 0.25) is 10.0 Å². The highest BCUT2D eigenvalue weighted by Crippen LogP contribution is 2.38. The predicted octanol–water partition coefficient (Wildman–Crippen LogP) is 4.48. The molecule has 21 heavy (non-hydrogen) atoms. The molecule has 1 N–H and O–H groups in total. The zero-order valence-corrected chi connectivity index (χ0v) is 14.2. The van der Waals surface area contributed by atoms with Crippen molar-refractivity contribution in [3.05, 3.63) is 28.3 Å². The van der Waals surface area contributed by atoms with E-state index in [0.717, 1.165) is 0 Å². The van der Waals surface area contributed by atoms with E-state index >= 15 is 0 Å². The molecule has 0 amide bonds.